The van der Waals surface area contributed by atoms with Gasteiger partial charge in [0.2, 0.25) is 0 Å². The number of carbonyl (C=O) groups is 1. The number of methoxy groups -OCH3 is 1. The number of nitrogens with one attached hydrogen (secondary N) is 1. The average Bonchev–Trinajstić information content (AvgIpc) is 2.38. The van der Waals surface area contributed by atoms with Crippen LogP contribution in [0.3, 0.4) is 0 Å². The number of urea groups is 1. The van der Waals surface area contributed by atoms with Gasteiger partial charge in [-0.25, -0.2) is 4.79 Å². The molecule has 0 fully saturated rings. The van der Waals surface area contributed by atoms with Crippen LogP contribution >= 0.6 is 11.6 Å². The largest absolute Gasteiger partial charge is 0.493 e. The molecule has 0 bridgehead atoms. The van der Waals surface area contributed by atoms with Gasteiger partial charge in [-0.1, -0.05) is 24.6 Å². The Balaban J connectivity index is 2.83. The fourth-order valence-corrected chi connectivity index (χ4v) is 1.97. The molecule has 5 nitrogen and oxygen atoms in total. The zero-order valence-corrected chi connectivity index (χ0v) is 11.9. The fourth-order valence-electron chi connectivity index (χ4n) is 1.71. The van der Waals surface area contributed by atoms with Crippen LogP contribution in [0.4, 0.5) is 10.5 Å². The molecule has 0 radical (unpaired) electrons. The summed E-state index contributed by atoms with van der Waals surface area (Å²) in [6.07, 6.45) is 0.820. The average molecular weight is 287 g/mol. The highest BCUT2D eigenvalue weighted by atomic mass is 35.5. The van der Waals surface area contributed by atoms with Crippen molar-refractivity contribution in [3.8, 4) is 5.75 Å². The van der Waals surface area contributed by atoms with Crippen molar-refractivity contribution < 1.29 is 14.6 Å². The van der Waals surface area contributed by atoms with Gasteiger partial charge in [-0.2, -0.15) is 0 Å². The Morgan fingerprint density at radius 2 is 2.21 bits per heavy atom. The lowest BCUT2D eigenvalue weighted by molar-refractivity contribution is 0.188. The molecular weight excluding hydrogens is 268 g/mol. The number of halogens is 1. The molecule has 0 aliphatic rings. The molecule has 0 atom stereocenters. The molecule has 6 heteroatoms. The maximum absolute atomic E-state index is 12.1. The number of nitrogens with zero attached hydrogens (tertiary/aromatic N) is 1. The third kappa shape index (κ3) is 4.29. The predicted molar refractivity (Wildman–Crippen MR) is 76.0 cm³/mol. The van der Waals surface area contributed by atoms with Crippen molar-refractivity contribution in [2.75, 3.05) is 32.1 Å². The molecule has 0 unspecified atom stereocenters. The first-order chi connectivity index (χ1) is 9.13. The molecule has 0 aromatic heterocycles. The van der Waals surface area contributed by atoms with Gasteiger partial charge in [0.25, 0.3) is 0 Å². The van der Waals surface area contributed by atoms with E-state index in [0.29, 0.717) is 29.5 Å². The van der Waals surface area contributed by atoms with Crippen LogP contribution in [0.15, 0.2) is 18.2 Å². The maximum atomic E-state index is 12.1. The summed E-state index contributed by atoms with van der Waals surface area (Å²) < 4.78 is 5.16. The summed E-state index contributed by atoms with van der Waals surface area (Å²) in [5.74, 6) is 0.429. The molecule has 1 rings (SSSR count). The first-order valence-corrected chi connectivity index (χ1v) is 6.51. The predicted octanol–water partition coefficient (Wildman–Crippen LogP) is 2.58. The molecule has 0 spiro atoms. The van der Waals surface area contributed by atoms with Gasteiger partial charge in [-0.05, 0) is 18.6 Å². The highest BCUT2D eigenvalue weighted by molar-refractivity contribution is 6.32. The smallest absolute Gasteiger partial charge is 0.322 e. The number of ether oxygens (including phenoxy) is 1. The Labute approximate surface area is 118 Å². The molecule has 0 aliphatic carbocycles. The first-order valence-electron chi connectivity index (χ1n) is 6.13. The van der Waals surface area contributed by atoms with Gasteiger partial charge in [0.15, 0.2) is 5.75 Å². The summed E-state index contributed by atoms with van der Waals surface area (Å²) in [4.78, 5) is 13.6. The second-order valence-electron chi connectivity index (χ2n) is 3.96. The maximum Gasteiger partial charge on any atom is 0.322 e. The number of benzene rings is 1. The molecule has 19 heavy (non-hydrogen) atoms. The topological polar surface area (TPSA) is 61.8 Å². The number of aliphatic hydroxyl groups excluding tert-OH is 1. The SMILES string of the molecule is CCCN(CCO)C(=O)Nc1cccc(Cl)c1OC. The Morgan fingerprint density at radius 3 is 2.79 bits per heavy atom. The molecule has 2 amide bonds. The zero-order chi connectivity index (χ0) is 14.3. The highest BCUT2D eigenvalue weighted by Gasteiger charge is 2.15. The van der Waals surface area contributed by atoms with Gasteiger partial charge in [0.1, 0.15) is 0 Å². The van der Waals surface area contributed by atoms with Crippen molar-refractivity contribution in [2.24, 2.45) is 0 Å². The van der Waals surface area contributed by atoms with E-state index in [0.717, 1.165) is 6.42 Å². The van der Waals surface area contributed by atoms with E-state index in [1.807, 2.05) is 6.92 Å². The molecule has 1 aromatic carbocycles. The van der Waals surface area contributed by atoms with E-state index in [1.54, 1.807) is 23.1 Å². The van der Waals surface area contributed by atoms with E-state index in [1.165, 1.54) is 7.11 Å². The van der Waals surface area contributed by atoms with Crippen LogP contribution in [-0.4, -0.2) is 42.8 Å². The lowest BCUT2D eigenvalue weighted by atomic mass is 10.3. The Morgan fingerprint density at radius 1 is 1.47 bits per heavy atom. The van der Waals surface area contributed by atoms with Crippen LogP contribution in [0.5, 0.6) is 5.75 Å². The Kier molecular flexibility index (Phi) is 6.45. The number of amides is 2. The van der Waals surface area contributed by atoms with E-state index in [-0.39, 0.29) is 12.6 Å². The minimum absolute atomic E-state index is 0.0693. The van der Waals surface area contributed by atoms with Crippen molar-refractivity contribution >= 4 is 23.3 Å². The second-order valence-corrected chi connectivity index (χ2v) is 4.37. The van der Waals surface area contributed by atoms with Gasteiger partial charge in [0, 0.05) is 13.1 Å². The van der Waals surface area contributed by atoms with E-state index >= 15 is 0 Å². The molecule has 1 aromatic rings. The molecule has 0 saturated heterocycles. The van der Waals surface area contributed by atoms with Crippen LogP contribution in [0.25, 0.3) is 0 Å². The molecule has 106 valence electrons. The van der Waals surface area contributed by atoms with Crippen molar-refractivity contribution in [3.05, 3.63) is 23.2 Å². The number of carbonyl (C=O) groups excluding carboxylic acids is 1. The van der Waals surface area contributed by atoms with E-state index in [4.69, 9.17) is 21.4 Å². The number of aliphatic hydroxyl groups is 1. The monoisotopic (exact) mass is 286 g/mol. The summed E-state index contributed by atoms with van der Waals surface area (Å²) in [6.45, 7) is 2.77. The van der Waals surface area contributed by atoms with Crippen molar-refractivity contribution in [1.82, 2.24) is 4.90 Å². The number of rotatable bonds is 6. The molecule has 2 N–H and O–H groups in total. The van der Waals surface area contributed by atoms with E-state index in [9.17, 15) is 4.79 Å². The Hall–Kier alpha value is -1.46. The number of anilines is 1. The van der Waals surface area contributed by atoms with Gasteiger partial charge in [-0.3, -0.25) is 0 Å². The summed E-state index contributed by atoms with van der Waals surface area (Å²) in [5, 5.41) is 12.1. The summed E-state index contributed by atoms with van der Waals surface area (Å²) >= 11 is 5.98. The van der Waals surface area contributed by atoms with E-state index < -0.39 is 0 Å². The molecule has 0 saturated carbocycles. The van der Waals surface area contributed by atoms with Crippen LogP contribution in [0.1, 0.15) is 13.3 Å². The minimum Gasteiger partial charge on any atom is -0.493 e. The summed E-state index contributed by atoms with van der Waals surface area (Å²) in [6, 6.07) is 4.85. The minimum atomic E-state index is -0.281. The molecular formula is C13H19ClN2O3. The highest BCUT2D eigenvalue weighted by Crippen LogP contribution is 2.32. The van der Waals surface area contributed by atoms with Crippen LogP contribution in [0.2, 0.25) is 5.02 Å². The number of hydrogen-bond acceptors (Lipinski definition) is 3. The fraction of sp³-hybridized carbons (Fsp3) is 0.462. The van der Waals surface area contributed by atoms with Crippen molar-refractivity contribution in [1.29, 1.82) is 0 Å². The van der Waals surface area contributed by atoms with Crippen LogP contribution in [0, 0.1) is 0 Å². The van der Waals surface area contributed by atoms with Gasteiger partial charge in [0.05, 0.1) is 24.4 Å². The number of hydrogen-bond donors (Lipinski definition) is 2. The lowest BCUT2D eigenvalue weighted by Crippen LogP contribution is -2.37. The number of para-hydroxylation sites is 1. The molecule has 0 aliphatic heterocycles. The van der Waals surface area contributed by atoms with Crippen LogP contribution in [-0.2, 0) is 0 Å². The summed E-state index contributed by atoms with van der Waals surface area (Å²) in [7, 11) is 1.49. The molecule has 0 heterocycles. The first kappa shape index (κ1) is 15.6. The normalized spacial score (nSPS) is 10.1. The quantitative estimate of drug-likeness (QED) is 0.845. The lowest BCUT2D eigenvalue weighted by Gasteiger charge is -2.22. The van der Waals surface area contributed by atoms with Gasteiger partial charge >= 0.3 is 6.03 Å². The zero-order valence-electron chi connectivity index (χ0n) is 11.1. The van der Waals surface area contributed by atoms with Gasteiger partial charge in [-0.15, -0.1) is 0 Å². The standard InChI is InChI=1S/C13H19ClN2O3/c1-3-7-16(8-9-17)13(18)15-11-6-4-5-10(14)12(11)19-2/h4-6,17H,3,7-9H2,1-2H3,(H,15,18). The Bertz CT molecular complexity index is 420. The van der Waals surface area contributed by atoms with Crippen molar-refractivity contribution in [2.45, 2.75) is 13.3 Å². The van der Waals surface area contributed by atoms with Crippen molar-refractivity contribution in [3.63, 3.8) is 0 Å². The second kappa shape index (κ2) is 7.86. The summed E-state index contributed by atoms with van der Waals surface area (Å²) in [5.41, 5.74) is 0.513. The third-order valence-corrected chi connectivity index (χ3v) is 2.86. The third-order valence-electron chi connectivity index (χ3n) is 2.56. The van der Waals surface area contributed by atoms with E-state index in [2.05, 4.69) is 5.32 Å². The van der Waals surface area contributed by atoms with Gasteiger partial charge < -0.3 is 20.1 Å². The van der Waals surface area contributed by atoms with Crippen LogP contribution < -0.4 is 10.1 Å².